The minimum atomic E-state index is 0.887. The molecule has 0 aromatic heterocycles. The maximum atomic E-state index is 3.54. The third kappa shape index (κ3) is 2.92. The second kappa shape index (κ2) is 5.26. The summed E-state index contributed by atoms with van der Waals surface area (Å²) in [5.41, 5.74) is 7.86. The van der Waals surface area contributed by atoms with Gasteiger partial charge in [0.2, 0.25) is 0 Å². The molecule has 0 aliphatic heterocycles. The number of nitrogens with one attached hydrogen (secondary N) is 1. The van der Waals surface area contributed by atoms with Gasteiger partial charge in [-0.15, -0.1) is 0 Å². The molecule has 1 nitrogen and oxygen atoms in total. The van der Waals surface area contributed by atoms with E-state index in [0.29, 0.717) is 0 Å². The maximum Gasteiger partial charge on any atom is 0.0403 e. The number of benzene rings is 2. The molecule has 2 aromatic rings. The average molecular weight is 239 g/mol. The quantitative estimate of drug-likeness (QED) is 0.829. The van der Waals surface area contributed by atoms with E-state index in [0.717, 1.165) is 6.54 Å². The summed E-state index contributed by atoms with van der Waals surface area (Å²) in [6, 6.07) is 13.1. The van der Waals surface area contributed by atoms with Crippen LogP contribution in [0.25, 0.3) is 0 Å². The molecule has 0 aliphatic rings. The first kappa shape index (κ1) is 12.7. The molecule has 0 heterocycles. The van der Waals surface area contributed by atoms with Gasteiger partial charge in [0.1, 0.15) is 0 Å². The highest BCUT2D eigenvalue weighted by atomic mass is 14.9. The molecule has 0 spiro atoms. The Hall–Kier alpha value is -1.76. The van der Waals surface area contributed by atoms with Gasteiger partial charge >= 0.3 is 0 Å². The van der Waals surface area contributed by atoms with Crippen molar-refractivity contribution < 1.29 is 0 Å². The van der Waals surface area contributed by atoms with Crippen LogP contribution in [0.1, 0.15) is 27.8 Å². The smallest absolute Gasteiger partial charge is 0.0403 e. The van der Waals surface area contributed by atoms with Crippen LogP contribution in [0.5, 0.6) is 0 Å². The normalized spacial score (nSPS) is 10.4. The molecule has 0 unspecified atom stereocenters. The molecule has 0 fully saturated rings. The Balaban J connectivity index is 2.16. The van der Waals surface area contributed by atoms with E-state index in [-0.39, 0.29) is 0 Å². The number of aryl methyl sites for hydroxylation is 4. The molecule has 18 heavy (non-hydrogen) atoms. The fraction of sp³-hybridized carbons (Fsp3) is 0.294. The molecular weight excluding hydrogens is 218 g/mol. The molecule has 0 saturated heterocycles. The third-order valence-corrected chi connectivity index (χ3v) is 3.37. The van der Waals surface area contributed by atoms with Gasteiger partial charge in [0, 0.05) is 12.2 Å². The first-order valence-corrected chi connectivity index (χ1v) is 6.43. The molecule has 1 N–H and O–H groups in total. The monoisotopic (exact) mass is 239 g/mol. The molecular formula is C17H21N. The van der Waals surface area contributed by atoms with Crippen molar-refractivity contribution in [3.63, 3.8) is 0 Å². The van der Waals surface area contributed by atoms with Crippen molar-refractivity contribution in [3.05, 3.63) is 64.2 Å². The second-order valence-corrected chi connectivity index (χ2v) is 5.10. The summed E-state index contributed by atoms with van der Waals surface area (Å²) < 4.78 is 0. The standard InChI is InChI=1S/C17H21N/c1-12-5-7-14(3)16(9-12)11-18-17-10-13(2)6-8-15(17)4/h5-10,18H,11H2,1-4H3. The molecule has 94 valence electrons. The molecule has 1 heteroatoms. The first-order valence-electron chi connectivity index (χ1n) is 6.43. The molecule has 0 bridgehead atoms. The Morgan fingerprint density at radius 2 is 1.39 bits per heavy atom. The van der Waals surface area contributed by atoms with E-state index in [2.05, 4.69) is 69.4 Å². The summed E-state index contributed by atoms with van der Waals surface area (Å²) in [5.74, 6) is 0. The topological polar surface area (TPSA) is 12.0 Å². The Bertz CT molecular complexity index is 504. The number of rotatable bonds is 3. The summed E-state index contributed by atoms with van der Waals surface area (Å²) in [6.45, 7) is 9.46. The Kier molecular flexibility index (Phi) is 3.71. The van der Waals surface area contributed by atoms with Crippen molar-refractivity contribution in [1.29, 1.82) is 0 Å². The Labute approximate surface area is 110 Å². The van der Waals surface area contributed by atoms with E-state index in [1.807, 2.05) is 0 Å². The van der Waals surface area contributed by atoms with Crippen LogP contribution in [0.4, 0.5) is 5.69 Å². The summed E-state index contributed by atoms with van der Waals surface area (Å²) in [5, 5.41) is 3.54. The highest BCUT2D eigenvalue weighted by Gasteiger charge is 2.01. The minimum Gasteiger partial charge on any atom is -0.381 e. The minimum absolute atomic E-state index is 0.887. The maximum absolute atomic E-state index is 3.54. The zero-order chi connectivity index (χ0) is 13.1. The van der Waals surface area contributed by atoms with Gasteiger partial charge in [0.05, 0.1) is 0 Å². The van der Waals surface area contributed by atoms with Crippen molar-refractivity contribution in [2.24, 2.45) is 0 Å². The summed E-state index contributed by atoms with van der Waals surface area (Å²) in [7, 11) is 0. The summed E-state index contributed by atoms with van der Waals surface area (Å²) in [6.07, 6.45) is 0. The van der Waals surface area contributed by atoms with E-state index >= 15 is 0 Å². The lowest BCUT2D eigenvalue weighted by molar-refractivity contribution is 1.10. The number of anilines is 1. The number of hydrogen-bond donors (Lipinski definition) is 1. The van der Waals surface area contributed by atoms with E-state index in [1.165, 1.54) is 33.5 Å². The van der Waals surface area contributed by atoms with E-state index in [4.69, 9.17) is 0 Å². The molecule has 0 radical (unpaired) electrons. The van der Waals surface area contributed by atoms with Crippen LogP contribution in [0, 0.1) is 27.7 Å². The molecule has 2 aromatic carbocycles. The van der Waals surface area contributed by atoms with Gasteiger partial charge < -0.3 is 5.32 Å². The largest absolute Gasteiger partial charge is 0.381 e. The van der Waals surface area contributed by atoms with Crippen molar-refractivity contribution in [1.82, 2.24) is 0 Å². The van der Waals surface area contributed by atoms with Crippen molar-refractivity contribution >= 4 is 5.69 Å². The van der Waals surface area contributed by atoms with Crippen LogP contribution in [-0.4, -0.2) is 0 Å². The van der Waals surface area contributed by atoms with Crippen molar-refractivity contribution in [3.8, 4) is 0 Å². The van der Waals surface area contributed by atoms with Gasteiger partial charge in [-0.3, -0.25) is 0 Å². The van der Waals surface area contributed by atoms with E-state index in [9.17, 15) is 0 Å². The van der Waals surface area contributed by atoms with Gasteiger partial charge in [0.25, 0.3) is 0 Å². The van der Waals surface area contributed by atoms with E-state index in [1.54, 1.807) is 0 Å². The van der Waals surface area contributed by atoms with Crippen LogP contribution in [0.15, 0.2) is 36.4 Å². The summed E-state index contributed by atoms with van der Waals surface area (Å²) >= 11 is 0. The molecule has 0 saturated carbocycles. The van der Waals surface area contributed by atoms with E-state index < -0.39 is 0 Å². The lowest BCUT2D eigenvalue weighted by atomic mass is 10.1. The Morgan fingerprint density at radius 3 is 2.11 bits per heavy atom. The predicted octanol–water partition coefficient (Wildman–Crippen LogP) is 4.53. The van der Waals surface area contributed by atoms with Crippen LogP contribution < -0.4 is 5.32 Å². The predicted molar refractivity (Wildman–Crippen MR) is 79.2 cm³/mol. The fourth-order valence-electron chi connectivity index (χ4n) is 2.11. The van der Waals surface area contributed by atoms with Gasteiger partial charge in [-0.05, 0) is 56.0 Å². The van der Waals surface area contributed by atoms with Crippen molar-refractivity contribution in [2.45, 2.75) is 34.2 Å². The molecule has 0 amide bonds. The second-order valence-electron chi connectivity index (χ2n) is 5.10. The SMILES string of the molecule is Cc1ccc(C)c(CNc2cc(C)ccc2C)c1. The molecule has 2 rings (SSSR count). The highest BCUT2D eigenvalue weighted by molar-refractivity contribution is 5.53. The van der Waals surface area contributed by atoms with Crippen molar-refractivity contribution in [2.75, 3.05) is 5.32 Å². The zero-order valence-electron chi connectivity index (χ0n) is 11.7. The van der Waals surface area contributed by atoms with Gasteiger partial charge in [-0.2, -0.15) is 0 Å². The van der Waals surface area contributed by atoms with Crippen LogP contribution in [0.3, 0.4) is 0 Å². The van der Waals surface area contributed by atoms with Crippen LogP contribution in [0.2, 0.25) is 0 Å². The van der Waals surface area contributed by atoms with Gasteiger partial charge in [-0.1, -0.05) is 35.9 Å². The van der Waals surface area contributed by atoms with Gasteiger partial charge in [0.15, 0.2) is 0 Å². The van der Waals surface area contributed by atoms with Gasteiger partial charge in [-0.25, -0.2) is 0 Å². The summed E-state index contributed by atoms with van der Waals surface area (Å²) in [4.78, 5) is 0. The van der Waals surface area contributed by atoms with Crippen LogP contribution in [-0.2, 0) is 6.54 Å². The highest BCUT2D eigenvalue weighted by Crippen LogP contribution is 2.18. The fourth-order valence-corrected chi connectivity index (χ4v) is 2.11. The third-order valence-electron chi connectivity index (χ3n) is 3.37. The number of hydrogen-bond acceptors (Lipinski definition) is 1. The van der Waals surface area contributed by atoms with Crippen LogP contribution >= 0.6 is 0 Å². The first-order chi connectivity index (χ1) is 8.56. The lowest BCUT2D eigenvalue weighted by Crippen LogP contribution is -2.03. The average Bonchev–Trinajstić information content (AvgIpc) is 2.34. The lowest BCUT2D eigenvalue weighted by Gasteiger charge is -2.12. The molecule has 0 aliphatic carbocycles. The Morgan fingerprint density at radius 1 is 0.778 bits per heavy atom. The zero-order valence-corrected chi connectivity index (χ0v) is 11.7. The molecule has 0 atom stereocenters.